The zero-order valence-electron chi connectivity index (χ0n) is 14.5. The predicted octanol–water partition coefficient (Wildman–Crippen LogP) is 3.21. The van der Waals surface area contributed by atoms with Crippen LogP contribution in [-0.4, -0.2) is 27.5 Å². The maximum Gasteiger partial charge on any atom is 0.336 e. The zero-order chi connectivity index (χ0) is 17.2. The molecule has 1 fully saturated rings. The number of aromatic nitrogens is 2. The highest BCUT2D eigenvalue weighted by Gasteiger charge is 2.20. The second-order valence-corrected chi connectivity index (χ2v) is 7.08. The van der Waals surface area contributed by atoms with Crippen molar-refractivity contribution in [3.8, 4) is 0 Å². The Kier molecular flexibility index (Phi) is 4.40. The molecule has 0 amide bonds. The Morgan fingerprint density at radius 1 is 1.32 bits per heavy atom. The second kappa shape index (κ2) is 6.84. The number of piperidine rings is 1. The van der Waals surface area contributed by atoms with E-state index < -0.39 is 0 Å². The SMILES string of the molecule is Cc1cc(=O)oc2cc(CN3CCCC(Cn4ccnc4)C3)ccc12. The Bertz CT molecular complexity index is 914. The standard InChI is InChI=1S/C20H23N3O2/c1-15-9-20(24)25-19-10-16(4-5-18(15)19)11-22-7-2-3-17(12-22)13-23-8-6-21-14-23/h4-6,8-10,14,17H,2-3,7,11-13H2,1H3. The van der Waals surface area contributed by atoms with E-state index in [1.165, 1.54) is 18.4 Å². The maximum absolute atomic E-state index is 11.6. The first-order valence-electron chi connectivity index (χ1n) is 8.89. The normalized spacial score (nSPS) is 18.7. The fourth-order valence-corrected chi connectivity index (χ4v) is 3.86. The minimum atomic E-state index is -0.277. The number of nitrogens with zero attached hydrogens (tertiary/aromatic N) is 3. The summed E-state index contributed by atoms with van der Waals surface area (Å²) in [6.45, 7) is 6.09. The first-order chi connectivity index (χ1) is 12.2. The van der Waals surface area contributed by atoms with E-state index in [0.29, 0.717) is 11.5 Å². The van der Waals surface area contributed by atoms with Crippen LogP contribution in [0.3, 0.4) is 0 Å². The van der Waals surface area contributed by atoms with Crippen molar-refractivity contribution < 1.29 is 4.42 Å². The van der Waals surface area contributed by atoms with Gasteiger partial charge in [0.2, 0.25) is 0 Å². The third-order valence-corrected chi connectivity index (χ3v) is 5.05. The molecule has 0 saturated carbocycles. The molecule has 5 heteroatoms. The first-order valence-corrected chi connectivity index (χ1v) is 8.89. The Labute approximate surface area is 146 Å². The number of rotatable bonds is 4. The molecule has 0 aliphatic carbocycles. The average Bonchev–Trinajstić information content (AvgIpc) is 3.07. The number of fused-ring (bicyclic) bond motifs is 1. The summed E-state index contributed by atoms with van der Waals surface area (Å²) in [7, 11) is 0. The van der Waals surface area contributed by atoms with Gasteiger partial charge in [-0.3, -0.25) is 4.90 Å². The van der Waals surface area contributed by atoms with Crippen molar-refractivity contribution in [2.45, 2.75) is 32.9 Å². The van der Waals surface area contributed by atoms with Crippen LogP contribution in [0, 0.1) is 12.8 Å². The monoisotopic (exact) mass is 337 g/mol. The van der Waals surface area contributed by atoms with Gasteiger partial charge >= 0.3 is 5.63 Å². The van der Waals surface area contributed by atoms with Crippen molar-refractivity contribution in [3.63, 3.8) is 0 Å². The van der Waals surface area contributed by atoms with Crippen LogP contribution >= 0.6 is 0 Å². The lowest BCUT2D eigenvalue weighted by Crippen LogP contribution is -2.36. The van der Waals surface area contributed by atoms with Gasteiger partial charge < -0.3 is 8.98 Å². The highest BCUT2D eigenvalue weighted by molar-refractivity contribution is 5.80. The summed E-state index contributed by atoms with van der Waals surface area (Å²) in [6, 6.07) is 7.78. The number of likely N-dealkylation sites (tertiary alicyclic amines) is 1. The molecule has 1 atom stereocenters. The summed E-state index contributed by atoms with van der Waals surface area (Å²) in [5, 5.41) is 1.01. The molecule has 1 unspecified atom stereocenters. The Morgan fingerprint density at radius 2 is 2.24 bits per heavy atom. The summed E-state index contributed by atoms with van der Waals surface area (Å²) < 4.78 is 7.55. The molecular weight excluding hydrogens is 314 g/mol. The van der Waals surface area contributed by atoms with Crippen LogP contribution in [0.25, 0.3) is 11.0 Å². The second-order valence-electron chi connectivity index (χ2n) is 7.08. The van der Waals surface area contributed by atoms with Crippen molar-refractivity contribution in [1.82, 2.24) is 14.5 Å². The van der Waals surface area contributed by atoms with Gasteiger partial charge in [0.05, 0.1) is 6.33 Å². The quantitative estimate of drug-likeness (QED) is 0.686. The highest BCUT2D eigenvalue weighted by Crippen LogP contribution is 2.22. The minimum Gasteiger partial charge on any atom is -0.423 e. The van der Waals surface area contributed by atoms with Crippen molar-refractivity contribution in [3.05, 3.63) is 64.5 Å². The lowest BCUT2D eigenvalue weighted by molar-refractivity contribution is 0.156. The molecule has 0 spiro atoms. The van der Waals surface area contributed by atoms with Gasteiger partial charge in [0.1, 0.15) is 5.58 Å². The van der Waals surface area contributed by atoms with Crippen LogP contribution < -0.4 is 5.63 Å². The van der Waals surface area contributed by atoms with E-state index in [0.717, 1.165) is 37.1 Å². The van der Waals surface area contributed by atoms with Gasteiger partial charge in [0.15, 0.2) is 0 Å². The Balaban J connectivity index is 1.47. The van der Waals surface area contributed by atoms with Gasteiger partial charge in [-0.1, -0.05) is 12.1 Å². The molecule has 3 heterocycles. The summed E-state index contributed by atoms with van der Waals surface area (Å²) in [5.41, 5.74) is 2.58. The number of aryl methyl sites for hydroxylation is 1. The van der Waals surface area contributed by atoms with Gasteiger partial charge in [-0.15, -0.1) is 0 Å². The maximum atomic E-state index is 11.6. The highest BCUT2D eigenvalue weighted by atomic mass is 16.4. The van der Waals surface area contributed by atoms with Crippen LogP contribution in [0.1, 0.15) is 24.0 Å². The molecule has 3 aromatic rings. The summed E-state index contributed by atoms with van der Waals surface area (Å²) in [4.78, 5) is 18.2. The topological polar surface area (TPSA) is 51.3 Å². The summed E-state index contributed by atoms with van der Waals surface area (Å²) >= 11 is 0. The molecule has 1 aliphatic rings. The molecule has 0 N–H and O–H groups in total. The van der Waals surface area contributed by atoms with E-state index in [1.807, 2.05) is 31.7 Å². The van der Waals surface area contributed by atoms with E-state index in [4.69, 9.17) is 4.42 Å². The van der Waals surface area contributed by atoms with Gasteiger partial charge in [-0.2, -0.15) is 0 Å². The van der Waals surface area contributed by atoms with Crippen LogP contribution in [0.2, 0.25) is 0 Å². The fourth-order valence-electron chi connectivity index (χ4n) is 3.86. The fraction of sp³-hybridized carbons (Fsp3) is 0.400. The van der Waals surface area contributed by atoms with Crippen molar-refractivity contribution in [2.24, 2.45) is 5.92 Å². The summed E-state index contributed by atoms with van der Waals surface area (Å²) in [5.74, 6) is 0.656. The van der Waals surface area contributed by atoms with Crippen LogP contribution in [0.4, 0.5) is 0 Å². The van der Waals surface area contributed by atoms with E-state index in [2.05, 4.69) is 26.6 Å². The molecule has 1 aromatic carbocycles. The molecule has 2 aromatic heterocycles. The Hall–Kier alpha value is -2.40. The minimum absolute atomic E-state index is 0.277. The predicted molar refractivity (Wildman–Crippen MR) is 97.4 cm³/mol. The van der Waals surface area contributed by atoms with E-state index in [-0.39, 0.29) is 5.63 Å². The number of benzene rings is 1. The average molecular weight is 337 g/mol. The lowest BCUT2D eigenvalue weighted by atomic mass is 9.97. The van der Waals surface area contributed by atoms with Crippen molar-refractivity contribution in [1.29, 1.82) is 0 Å². The van der Waals surface area contributed by atoms with E-state index in [1.54, 1.807) is 6.07 Å². The molecule has 4 rings (SSSR count). The molecule has 0 radical (unpaired) electrons. The first kappa shape index (κ1) is 16.1. The van der Waals surface area contributed by atoms with Crippen LogP contribution in [0.5, 0.6) is 0 Å². The molecular formula is C20H23N3O2. The molecule has 1 aliphatic heterocycles. The van der Waals surface area contributed by atoms with E-state index in [9.17, 15) is 4.79 Å². The largest absolute Gasteiger partial charge is 0.423 e. The van der Waals surface area contributed by atoms with Crippen LogP contribution in [0.15, 0.2) is 52.2 Å². The number of hydrogen-bond acceptors (Lipinski definition) is 4. The third kappa shape index (κ3) is 3.66. The molecule has 130 valence electrons. The van der Waals surface area contributed by atoms with Gasteiger partial charge in [-0.25, -0.2) is 9.78 Å². The van der Waals surface area contributed by atoms with Gasteiger partial charge in [0.25, 0.3) is 0 Å². The van der Waals surface area contributed by atoms with Gasteiger partial charge in [-0.05, 0) is 49.4 Å². The molecule has 5 nitrogen and oxygen atoms in total. The smallest absolute Gasteiger partial charge is 0.336 e. The molecule has 0 bridgehead atoms. The van der Waals surface area contributed by atoms with Crippen LogP contribution in [-0.2, 0) is 13.1 Å². The molecule has 25 heavy (non-hydrogen) atoms. The third-order valence-electron chi connectivity index (χ3n) is 5.05. The number of imidazole rings is 1. The lowest BCUT2D eigenvalue weighted by Gasteiger charge is -2.33. The number of hydrogen-bond donors (Lipinski definition) is 0. The zero-order valence-corrected chi connectivity index (χ0v) is 14.5. The van der Waals surface area contributed by atoms with E-state index >= 15 is 0 Å². The Morgan fingerprint density at radius 3 is 3.08 bits per heavy atom. The van der Waals surface area contributed by atoms with Crippen molar-refractivity contribution in [2.75, 3.05) is 13.1 Å². The van der Waals surface area contributed by atoms with Crippen molar-refractivity contribution >= 4 is 11.0 Å². The van der Waals surface area contributed by atoms with Gasteiger partial charge in [0, 0.05) is 43.5 Å². The molecule has 1 saturated heterocycles. The summed E-state index contributed by atoms with van der Waals surface area (Å²) in [6.07, 6.45) is 8.26.